The van der Waals surface area contributed by atoms with E-state index in [2.05, 4.69) is 0 Å². The molecule has 1 saturated heterocycles. The molecule has 0 spiro atoms. The summed E-state index contributed by atoms with van der Waals surface area (Å²) in [6.45, 7) is 1.48. The van der Waals surface area contributed by atoms with E-state index in [1.807, 2.05) is 6.92 Å². The second-order valence-electron chi connectivity index (χ2n) is 8.46. The molecule has 0 aliphatic carbocycles. The van der Waals surface area contributed by atoms with E-state index in [0.717, 1.165) is 0 Å². The highest BCUT2D eigenvalue weighted by atomic mass is 16.7. The molecule has 37 heavy (non-hydrogen) atoms. The minimum atomic E-state index is -1.66. The van der Waals surface area contributed by atoms with Gasteiger partial charge in [0.25, 0.3) is 0 Å². The molecule has 5 atom stereocenters. The lowest BCUT2D eigenvalue weighted by Crippen LogP contribution is -2.60. The summed E-state index contributed by atoms with van der Waals surface area (Å²) in [4.78, 5) is 13.4. The molecule has 12 nitrogen and oxygen atoms in total. The zero-order valence-electron chi connectivity index (χ0n) is 20.0. The number of ether oxygens (including phenoxy) is 4. The molecule has 2 heterocycles. The number of methoxy groups -OCH3 is 1. The fraction of sp³-hybridized carbons (Fsp3) is 0.400. The van der Waals surface area contributed by atoms with E-state index in [-0.39, 0.29) is 51.9 Å². The number of hydrogen-bond acceptors (Lipinski definition) is 12. The van der Waals surface area contributed by atoms with Crippen LogP contribution in [-0.4, -0.2) is 81.7 Å². The summed E-state index contributed by atoms with van der Waals surface area (Å²) in [6.07, 6.45) is -6.92. The van der Waals surface area contributed by atoms with Crippen molar-refractivity contribution in [2.24, 2.45) is 0 Å². The summed E-state index contributed by atoms with van der Waals surface area (Å²) in [5.74, 6) is -0.893. The topological polar surface area (TPSA) is 189 Å². The lowest BCUT2D eigenvalue weighted by molar-refractivity contribution is -0.277. The van der Waals surface area contributed by atoms with E-state index < -0.39 is 48.5 Å². The highest BCUT2D eigenvalue weighted by molar-refractivity contribution is 5.88. The lowest BCUT2D eigenvalue weighted by Gasteiger charge is -2.39. The van der Waals surface area contributed by atoms with Crippen LogP contribution in [-0.2, 0) is 4.74 Å². The molecule has 1 aliphatic heterocycles. The van der Waals surface area contributed by atoms with Gasteiger partial charge in [0.15, 0.2) is 17.3 Å². The molecule has 0 saturated carbocycles. The van der Waals surface area contributed by atoms with Gasteiger partial charge < -0.3 is 54.0 Å². The maximum atomic E-state index is 13.4. The van der Waals surface area contributed by atoms with E-state index in [0.29, 0.717) is 6.42 Å². The molecule has 0 radical (unpaired) electrons. The number of aromatic hydroxyl groups is 2. The van der Waals surface area contributed by atoms with Gasteiger partial charge in [0.1, 0.15) is 46.9 Å². The Bertz CT molecular complexity index is 1320. The molecule has 4 rings (SSSR count). The van der Waals surface area contributed by atoms with Crippen LogP contribution in [0.3, 0.4) is 0 Å². The van der Waals surface area contributed by atoms with Crippen molar-refractivity contribution in [1.29, 1.82) is 0 Å². The predicted octanol–water partition coefficient (Wildman–Crippen LogP) is 0.847. The number of aliphatic hydroxyl groups excluding tert-OH is 4. The number of rotatable bonds is 8. The molecular formula is C25H28O12. The third-order valence-corrected chi connectivity index (χ3v) is 5.90. The molecule has 0 bridgehead atoms. The van der Waals surface area contributed by atoms with Crippen LogP contribution in [0.4, 0.5) is 0 Å². The molecule has 1 aromatic heterocycles. The van der Waals surface area contributed by atoms with Crippen LogP contribution in [0.5, 0.6) is 28.7 Å². The van der Waals surface area contributed by atoms with Gasteiger partial charge in [0, 0.05) is 17.7 Å². The quantitative estimate of drug-likeness (QED) is 0.230. The van der Waals surface area contributed by atoms with Crippen molar-refractivity contribution < 1.29 is 54.0 Å². The van der Waals surface area contributed by atoms with Gasteiger partial charge >= 0.3 is 0 Å². The van der Waals surface area contributed by atoms with E-state index in [1.165, 1.54) is 37.4 Å². The first-order valence-corrected chi connectivity index (χ1v) is 11.5. The Balaban J connectivity index is 1.85. The second-order valence-corrected chi connectivity index (χ2v) is 8.46. The number of fused-ring (bicyclic) bond motifs is 1. The molecule has 12 heteroatoms. The van der Waals surface area contributed by atoms with E-state index in [9.17, 15) is 35.4 Å². The normalized spacial score (nSPS) is 23.7. The molecule has 6 N–H and O–H groups in total. The first-order chi connectivity index (χ1) is 17.7. The summed E-state index contributed by atoms with van der Waals surface area (Å²) in [7, 11) is 1.28. The molecule has 200 valence electrons. The Hall–Kier alpha value is -3.55. The summed E-state index contributed by atoms with van der Waals surface area (Å²) < 4.78 is 28.2. The Kier molecular flexibility index (Phi) is 7.76. The first-order valence-electron chi connectivity index (χ1n) is 11.5. The minimum absolute atomic E-state index is 0.00144. The Morgan fingerprint density at radius 2 is 1.76 bits per heavy atom. The number of aliphatic hydroxyl groups is 4. The molecule has 1 fully saturated rings. The fourth-order valence-corrected chi connectivity index (χ4v) is 3.98. The molecule has 0 amide bonds. The maximum Gasteiger partial charge on any atom is 0.239 e. The van der Waals surface area contributed by atoms with E-state index in [1.54, 1.807) is 0 Å². The van der Waals surface area contributed by atoms with Gasteiger partial charge in [0.2, 0.25) is 17.5 Å². The standard InChI is InChI=1S/C25H28O12/c1-3-6-34-15-8-12(35-25-22(32)21(31)19(29)17(10-26)37-25)9-16-18(15)20(30)24(33-2)23(36-16)11-4-5-13(27)14(28)7-11/h4-5,7-9,17,19,21-22,25-29,31-32H,3,6,10H2,1-2H3/t17?,19-,21?,22?,25?/m1/s1. The zero-order valence-corrected chi connectivity index (χ0v) is 20.0. The van der Waals surface area contributed by atoms with Crippen LogP contribution in [0.2, 0.25) is 0 Å². The Labute approximate surface area is 210 Å². The average molecular weight is 520 g/mol. The average Bonchev–Trinajstić information content (AvgIpc) is 2.88. The van der Waals surface area contributed by atoms with Crippen LogP contribution < -0.4 is 19.6 Å². The molecule has 2 aromatic carbocycles. The highest BCUT2D eigenvalue weighted by Crippen LogP contribution is 2.39. The summed E-state index contributed by atoms with van der Waals surface area (Å²) >= 11 is 0. The van der Waals surface area contributed by atoms with Crippen molar-refractivity contribution in [3.63, 3.8) is 0 Å². The SMILES string of the molecule is CCCOc1cc(OC2OC(CO)[C@@H](O)C(O)C2O)cc2oc(-c3ccc(O)c(O)c3)c(OC)c(=O)c12. The maximum absolute atomic E-state index is 13.4. The highest BCUT2D eigenvalue weighted by Gasteiger charge is 2.44. The Morgan fingerprint density at radius 3 is 2.41 bits per heavy atom. The van der Waals surface area contributed by atoms with Crippen molar-refractivity contribution >= 4 is 11.0 Å². The van der Waals surface area contributed by atoms with Crippen LogP contribution in [0.1, 0.15) is 13.3 Å². The number of benzene rings is 2. The fourth-order valence-electron chi connectivity index (χ4n) is 3.98. The van der Waals surface area contributed by atoms with Gasteiger partial charge in [-0.25, -0.2) is 0 Å². The molecule has 3 aromatic rings. The summed E-state index contributed by atoms with van der Waals surface area (Å²) in [5, 5.41) is 59.5. The van der Waals surface area contributed by atoms with Crippen LogP contribution in [0, 0.1) is 0 Å². The Morgan fingerprint density at radius 1 is 1.00 bits per heavy atom. The van der Waals surface area contributed by atoms with Crippen molar-refractivity contribution in [3.8, 4) is 40.1 Å². The smallest absolute Gasteiger partial charge is 0.239 e. The molecule has 4 unspecified atom stereocenters. The van der Waals surface area contributed by atoms with Gasteiger partial charge in [-0.1, -0.05) is 6.92 Å². The van der Waals surface area contributed by atoms with E-state index >= 15 is 0 Å². The summed E-state index contributed by atoms with van der Waals surface area (Å²) in [5.41, 5.74) is -0.333. The van der Waals surface area contributed by atoms with Crippen molar-refractivity contribution in [1.82, 2.24) is 0 Å². The largest absolute Gasteiger partial charge is 0.504 e. The third-order valence-electron chi connectivity index (χ3n) is 5.90. The first kappa shape index (κ1) is 26.5. The van der Waals surface area contributed by atoms with Crippen LogP contribution >= 0.6 is 0 Å². The molecule has 1 aliphatic rings. The summed E-state index contributed by atoms with van der Waals surface area (Å²) in [6, 6.07) is 6.56. The van der Waals surface area contributed by atoms with Crippen molar-refractivity contribution in [3.05, 3.63) is 40.6 Å². The number of phenolic OH excluding ortho intramolecular Hbond substituents is 2. The minimum Gasteiger partial charge on any atom is -0.504 e. The van der Waals surface area contributed by atoms with E-state index in [4.69, 9.17) is 23.4 Å². The predicted molar refractivity (Wildman–Crippen MR) is 128 cm³/mol. The third kappa shape index (κ3) is 5.02. The van der Waals surface area contributed by atoms with Crippen LogP contribution in [0.25, 0.3) is 22.3 Å². The van der Waals surface area contributed by atoms with Crippen molar-refractivity contribution in [2.75, 3.05) is 20.3 Å². The lowest BCUT2D eigenvalue weighted by atomic mass is 9.99. The van der Waals surface area contributed by atoms with Crippen molar-refractivity contribution in [2.45, 2.75) is 44.1 Å². The van der Waals surface area contributed by atoms with Gasteiger partial charge in [-0.3, -0.25) is 4.79 Å². The van der Waals surface area contributed by atoms with Crippen LogP contribution in [0.15, 0.2) is 39.5 Å². The van der Waals surface area contributed by atoms with Gasteiger partial charge in [-0.15, -0.1) is 0 Å². The van der Waals surface area contributed by atoms with Gasteiger partial charge in [-0.05, 0) is 24.6 Å². The zero-order chi connectivity index (χ0) is 26.9. The van der Waals surface area contributed by atoms with Gasteiger partial charge in [-0.2, -0.15) is 0 Å². The molecular weight excluding hydrogens is 492 g/mol. The number of hydrogen-bond donors (Lipinski definition) is 6. The monoisotopic (exact) mass is 520 g/mol. The van der Waals surface area contributed by atoms with Gasteiger partial charge in [0.05, 0.1) is 20.3 Å². The number of phenols is 2. The second kappa shape index (κ2) is 10.8.